The highest BCUT2D eigenvalue weighted by molar-refractivity contribution is 6.04. The molecule has 2 fully saturated rings. The Morgan fingerprint density at radius 3 is 2.65 bits per heavy atom. The van der Waals surface area contributed by atoms with E-state index in [4.69, 9.17) is 0 Å². The third-order valence-corrected chi connectivity index (χ3v) is 6.72. The summed E-state index contributed by atoms with van der Waals surface area (Å²) in [6.45, 7) is 0.984. The van der Waals surface area contributed by atoms with Crippen LogP contribution in [-0.4, -0.2) is 75.3 Å². The summed E-state index contributed by atoms with van der Waals surface area (Å²) in [5.74, 6) is -0.0381. The number of likely N-dealkylation sites (tertiary alicyclic amines) is 1. The Bertz CT molecular complexity index is 1120. The highest BCUT2D eigenvalue weighted by Crippen LogP contribution is 2.41. The number of nitrogens with zero attached hydrogens (tertiary/aromatic N) is 4. The van der Waals surface area contributed by atoms with E-state index in [0.717, 1.165) is 23.9 Å². The minimum absolute atomic E-state index is 0.0263. The number of carbonyl (C=O) groups is 2. The molecule has 0 radical (unpaired) electrons. The van der Waals surface area contributed by atoms with Crippen LogP contribution in [-0.2, 0) is 4.79 Å². The van der Waals surface area contributed by atoms with Gasteiger partial charge >= 0.3 is 0 Å². The van der Waals surface area contributed by atoms with Gasteiger partial charge in [-0.15, -0.1) is 0 Å². The number of aromatic nitrogens is 3. The first-order valence-corrected chi connectivity index (χ1v) is 10.6. The van der Waals surface area contributed by atoms with Gasteiger partial charge in [0.15, 0.2) is 0 Å². The van der Waals surface area contributed by atoms with Crippen molar-refractivity contribution in [3.05, 3.63) is 60.2 Å². The van der Waals surface area contributed by atoms with Crippen molar-refractivity contribution in [3.8, 4) is 0 Å². The van der Waals surface area contributed by atoms with Gasteiger partial charge in [0.2, 0.25) is 5.91 Å². The summed E-state index contributed by atoms with van der Waals surface area (Å²) in [4.78, 5) is 41.8. The molecule has 1 aliphatic heterocycles. The summed E-state index contributed by atoms with van der Waals surface area (Å²) < 4.78 is 0. The fraction of sp³-hybridized carbons (Fsp3) is 0.391. The molecule has 160 valence electrons. The largest absolute Gasteiger partial charge is 0.349 e. The highest BCUT2D eigenvalue weighted by atomic mass is 16.2. The lowest BCUT2D eigenvalue weighted by atomic mass is 9.94. The second-order valence-electron chi connectivity index (χ2n) is 8.72. The van der Waals surface area contributed by atoms with Gasteiger partial charge < -0.3 is 15.2 Å². The summed E-state index contributed by atoms with van der Waals surface area (Å²) in [7, 11) is 3.90. The molecule has 31 heavy (non-hydrogen) atoms. The number of hydrogen-bond acceptors (Lipinski definition) is 5. The first kappa shape index (κ1) is 19.7. The summed E-state index contributed by atoms with van der Waals surface area (Å²) in [5, 5.41) is 3.27. The second-order valence-corrected chi connectivity index (χ2v) is 8.72. The smallest absolute Gasteiger partial charge is 0.257 e. The minimum atomic E-state index is -0.413. The maximum absolute atomic E-state index is 13.4. The monoisotopic (exact) mass is 418 g/mol. The number of H-pyrrole nitrogens is 1. The van der Waals surface area contributed by atoms with Crippen LogP contribution >= 0.6 is 0 Å². The van der Waals surface area contributed by atoms with E-state index in [1.54, 1.807) is 18.7 Å². The Morgan fingerprint density at radius 1 is 1.16 bits per heavy atom. The lowest BCUT2D eigenvalue weighted by Gasteiger charge is -2.27. The lowest BCUT2D eigenvalue weighted by Crippen LogP contribution is -2.51. The molecule has 1 saturated carbocycles. The molecular formula is C23H26N6O2. The first-order valence-electron chi connectivity index (χ1n) is 10.6. The van der Waals surface area contributed by atoms with Crippen LogP contribution in [0.15, 0.2) is 49.1 Å². The molecular weight excluding hydrogens is 392 g/mol. The normalized spacial score (nSPS) is 22.1. The number of pyridine rings is 1. The molecule has 2 N–H and O–H groups in total. The number of nitrogens with one attached hydrogen (secondary N) is 2. The molecule has 8 nitrogen and oxygen atoms in total. The van der Waals surface area contributed by atoms with Gasteiger partial charge in [-0.2, -0.15) is 0 Å². The van der Waals surface area contributed by atoms with E-state index in [9.17, 15) is 9.59 Å². The number of aromatic amines is 1. The number of rotatable bonds is 5. The van der Waals surface area contributed by atoms with Crippen molar-refractivity contribution in [1.29, 1.82) is 0 Å². The molecule has 2 aliphatic rings. The third-order valence-electron chi connectivity index (χ3n) is 6.72. The zero-order chi connectivity index (χ0) is 21.6. The van der Waals surface area contributed by atoms with Crippen molar-refractivity contribution in [3.63, 3.8) is 0 Å². The average Bonchev–Trinajstić information content (AvgIpc) is 3.28. The van der Waals surface area contributed by atoms with E-state index >= 15 is 0 Å². The second kappa shape index (κ2) is 7.46. The van der Waals surface area contributed by atoms with Gasteiger partial charge in [0.25, 0.3) is 5.91 Å². The predicted octanol–water partition coefficient (Wildman–Crippen LogP) is 1.78. The van der Waals surface area contributed by atoms with Gasteiger partial charge in [-0.1, -0.05) is 30.3 Å². The summed E-state index contributed by atoms with van der Waals surface area (Å²) in [6.07, 6.45) is 6.53. The molecule has 2 atom stereocenters. The van der Waals surface area contributed by atoms with Gasteiger partial charge in [0, 0.05) is 25.2 Å². The van der Waals surface area contributed by atoms with E-state index in [0.29, 0.717) is 24.2 Å². The standard InChI is InChI=1S/C23H26N6O2/c1-28(2)23(8-9-23)22(31)27-19-13-29(12-17(19)15-6-4-3-5-7-15)21(30)16-10-24-11-18-20(16)26-14-25-18/h3-7,10-11,14,17,19H,8-9,12-13H2,1-2H3,(H,25,26)(H,27,31)/t17-,19+/m0/s1. The number of fused-ring (bicyclic) bond motifs is 1. The van der Waals surface area contributed by atoms with Crippen LogP contribution in [0.2, 0.25) is 0 Å². The lowest BCUT2D eigenvalue weighted by molar-refractivity contribution is -0.127. The van der Waals surface area contributed by atoms with Gasteiger partial charge in [-0.3, -0.25) is 19.5 Å². The Morgan fingerprint density at radius 2 is 1.94 bits per heavy atom. The van der Waals surface area contributed by atoms with E-state index < -0.39 is 5.54 Å². The van der Waals surface area contributed by atoms with Crippen molar-refractivity contribution in [1.82, 2.24) is 30.1 Å². The molecule has 1 saturated heterocycles. The average molecular weight is 419 g/mol. The van der Waals surface area contributed by atoms with Crippen LogP contribution in [0.1, 0.15) is 34.7 Å². The van der Waals surface area contributed by atoms with Crippen LogP contribution in [0.4, 0.5) is 0 Å². The molecule has 0 unspecified atom stereocenters. The number of amides is 2. The molecule has 3 heterocycles. The van der Waals surface area contributed by atoms with Gasteiger partial charge in [0.05, 0.1) is 35.2 Å². The van der Waals surface area contributed by atoms with Crippen molar-refractivity contribution >= 4 is 22.8 Å². The quantitative estimate of drug-likeness (QED) is 0.659. The van der Waals surface area contributed by atoms with E-state index in [2.05, 4.69) is 32.4 Å². The van der Waals surface area contributed by atoms with Crippen molar-refractivity contribution < 1.29 is 9.59 Å². The molecule has 1 aromatic carbocycles. The van der Waals surface area contributed by atoms with Crippen LogP contribution in [0.5, 0.6) is 0 Å². The topological polar surface area (TPSA) is 94.2 Å². The molecule has 3 aromatic rings. The fourth-order valence-corrected chi connectivity index (χ4v) is 4.64. The maximum Gasteiger partial charge on any atom is 0.257 e. The third kappa shape index (κ3) is 3.37. The molecule has 0 spiro atoms. The maximum atomic E-state index is 13.4. The number of hydrogen-bond donors (Lipinski definition) is 2. The van der Waals surface area contributed by atoms with E-state index in [1.807, 2.05) is 42.1 Å². The SMILES string of the molecule is CN(C)C1(C(=O)N[C@@H]2CN(C(=O)c3cncc4[nH]cnc34)C[C@H]2c2ccccc2)CC1. The zero-order valence-electron chi connectivity index (χ0n) is 17.7. The summed E-state index contributed by atoms with van der Waals surface area (Å²) in [5.41, 5.74) is 2.53. The van der Waals surface area contributed by atoms with Crippen molar-refractivity contribution in [2.75, 3.05) is 27.2 Å². The molecule has 1 aliphatic carbocycles. The Kier molecular flexibility index (Phi) is 4.74. The van der Waals surface area contributed by atoms with Crippen LogP contribution in [0.3, 0.4) is 0 Å². The van der Waals surface area contributed by atoms with Gasteiger partial charge in [-0.05, 0) is 32.5 Å². The Hall–Kier alpha value is -3.26. The van der Waals surface area contributed by atoms with Gasteiger partial charge in [0.1, 0.15) is 5.52 Å². The predicted molar refractivity (Wildman–Crippen MR) is 117 cm³/mol. The Balaban J connectivity index is 1.42. The first-order chi connectivity index (χ1) is 15.0. The van der Waals surface area contributed by atoms with Gasteiger partial charge in [-0.25, -0.2) is 4.98 Å². The summed E-state index contributed by atoms with van der Waals surface area (Å²) in [6, 6.07) is 9.94. The van der Waals surface area contributed by atoms with E-state index in [1.165, 1.54) is 0 Å². The van der Waals surface area contributed by atoms with Crippen LogP contribution in [0, 0.1) is 0 Å². The highest BCUT2D eigenvalue weighted by Gasteiger charge is 2.53. The molecule has 2 amide bonds. The minimum Gasteiger partial charge on any atom is -0.349 e. The molecule has 0 bridgehead atoms. The zero-order valence-corrected chi connectivity index (χ0v) is 17.7. The summed E-state index contributed by atoms with van der Waals surface area (Å²) >= 11 is 0. The van der Waals surface area contributed by atoms with E-state index in [-0.39, 0.29) is 23.8 Å². The molecule has 5 rings (SSSR count). The number of benzene rings is 1. The number of imidazole rings is 1. The molecule has 8 heteroatoms. The number of likely N-dealkylation sites (N-methyl/N-ethyl adjacent to an activating group) is 1. The van der Waals surface area contributed by atoms with Crippen LogP contribution < -0.4 is 5.32 Å². The fourth-order valence-electron chi connectivity index (χ4n) is 4.64. The molecule has 2 aromatic heterocycles. The van der Waals surface area contributed by atoms with Crippen molar-refractivity contribution in [2.24, 2.45) is 0 Å². The van der Waals surface area contributed by atoms with Crippen LogP contribution in [0.25, 0.3) is 11.0 Å². The Labute approximate surface area is 180 Å². The van der Waals surface area contributed by atoms with Crippen molar-refractivity contribution in [2.45, 2.75) is 30.3 Å². The number of carbonyl (C=O) groups excluding carboxylic acids is 2.